The van der Waals surface area contributed by atoms with Gasteiger partial charge in [-0.05, 0) is 6.92 Å². The molecule has 0 radical (unpaired) electrons. The zero-order chi connectivity index (χ0) is 12.7. The average Bonchev–Trinajstić information content (AvgIpc) is 2.37. The summed E-state index contributed by atoms with van der Waals surface area (Å²) in [6.07, 6.45) is -4.71. The van der Waals surface area contributed by atoms with Crippen molar-refractivity contribution in [3.05, 3.63) is 0 Å². The van der Waals surface area contributed by atoms with Crippen molar-refractivity contribution in [1.29, 1.82) is 0 Å². The number of aliphatic hydroxyl groups is 2. The third-order valence-corrected chi connectivity index (χ3v) is 3.58. The largest absolute Gasteiger partial charge is 0.516 e. The number of likely N-dealkylation sites (tertiary alicyclic amines) is 1. The van der Waals surface area contributed by atoms with Crippen LogP contribution in [0.25, 0.3) is 0 Å². The molecule has 16 heavy (non-hydrogen) atoms. The second-order valence-electron chi connectivity index (χ2n) is 4.23. The van der Waals surface area contributed by atoms with Crippen LogP contribution in [0.15, 0.2) is 0 Å². The van der Waals surface area contributed by atoms with Gasteiger partial charge in [-0.1, -0.05) is 0 Å². The lowest BCUT2D eigenvalue weighted by Gasteiger charge is -2.39. The number of rotatable bonds is 2. The Morgan fingerprint density at radius 1 is 1.38 bits per heavy atom. The molecule has 7 nitrogen and oxygen atoms in total. The number of carbonyl (C=O) groups is 2. The molecule has 1 fully saturated rings. The van der Waals surface area contributed by atoms with E-state index in [9.17, 15) is 24.9 Å². The number of hydrogen-bond donors (Lipinski definition) is 4. The molecule has 0 aromatic heterocycles. The SMILES string of the molecule is CC[N+]1(C(=O)O)[C@H](O)[C@H](O)C[C@@]1(C)C(=O)O. The molecule has 1 aliphatic heterocycles. The molecule has 0 saturated carbocycles. The maximum Gasteiger partial charge on any atom is 0.516 e. The van der Waals surface area contributed by atoms with Crippen LogP contribution >= 0.6 is 0 Å². The van der Waals surface area contributed by atoms with Gasteiger partial charge in [0.15, 0.2) is 0 Å². The van der Waals surface area contributed by atoms with Gasteiger partial charge in [-0.3, -0.25) is 0 Å². The molecule has 4 atom stereocenters. The Labute approximate surface area is 92.1 Å². The first kappa shape index (κ1) is 12.9. The molecule has 7 heteroatoms. The van der Waals surface area contributed by atoms with E-state index in [-0.39, 0.29) is 13.0 Å². The highest BCUT2D eigenvalue weighted by atomic mass is 16.4. The minimum Gasteiger partial charge on any atom is -0.477 e. The van der Waals surface area contributed by atoms with Gasteiger partial charge in [-0.2, -0.15) is 9.28 Å². The lowest BCUT2D eigenvalue weighted by Crippen LogP contribution is -2.69. The Balaban J connectivity index is 3.39. The molecule has 1 heterocycles. The first-order valence-corrected chi connectivity index (χ1v) is 4.95. The summed E-state index contributed by atoms with van der Waals surface area (Å²) in [5, 5.41) is 37.5. The summed E-state index contributed by atoms with van der Waals surface area (Å²) in [7, 11) is 0. The predicted molar refractivity (Wildman–Crippen MR) is 51.5 cm³/mol. The van der Waals surface area contributed by atoms with E-state index in [1.807, 2.05) is 0 Å². The highest BCUT2D eigenvalue weighted by molar-refractivity contribution is 5.80. The molecule has 0 aliphatic carbocycles. The van der Waals surface area contributed by atoms with E-state index in [1.54, 1.807) is 0 Å². The van der Waals surface area contributed by atoms with Crippen molar-refractivity contribution in [2.45, 2.75) is 38.1 Å². The molecule has 1 aliphatic rings. The number of carboxylic acid groups (broad SMARTS) is 2. The van der Waals surface area contributed by atoms with E-state index < -0.39 is 34.4 Å². The number of aliphatic hydroxyl groups excluding tert-OH is 2. The Bertz CT molecular complexity index is 332. The lowest BCUT2D eigenvalue weighted by atomic mass is 9.96. The predicted octanol–water partition coefficient (Wildman–Crippen LogP) is -0.573. The third kappa shape index (κ3) is 1.25. The first-order chi connectivity index (χ1) is 7.24. The van der Waals surface area contributed by atoms with Gasteiger partial charge in [0.05, 0.1) is 6.54 Å². The normalized spacial score (nSPS) is 43.2. The van der Waals surface area contributed by atoms with Crippen LogP contribution in [0, 0.1) is 0 Å². The van der Waals surface area contributed by atoms with E-state index >= 15 is 0 Å². The first-order valence-electron chi connectivity index (χ1n) is 4.95. The number of carboxylic acids is 1. The minimum absolute atomic E-state index is 0.115. The Morgan fingerprint density at radius 2 is 1.88 bits per heavy atom. The molecule has 4 N–H and O–H groups in total. The molecular weight excluding hydrogens is 218 g/mol. The summed E-state index contributed by atoms with van der Waals surface area (Å²) in [6, 6.07) is 0. The van der Waals surface area contributed by atoms with Gasteiger partial charge < -0.3 is 20.4 Å². The van der Waals surface area contributed by atoms with Crippen molar-refractivity contribution in [3.63, 3.8) is 0 Å². The van der Waals surface area contributed by atoms with E-state index in [0.717, 1.165) is 0 Å². The van der Waals surface area contributed by atoms with Crippen molar-refractivity contribution >= 4 is 12.1 Å². The number of amides is 1. The Morgan fingerprint density at radius 3 is 2.12 bits per heavy atom. The summed E-state index contributed by atoms with van der Waals surface area (Å²) in [6.45, 7) is 2.58. The summed E-state index contributed by atoms with van der Waals surface area (Å²) >= 11 is 0. The number of hydrogen-bond acceptors (Lipinski definition) is 4. The van der Waals surface area contributed by atoms with Gasteiger partial charge in [0.25, 0.3) is 0 Å². The maximum atomic E-state index is 11.3. The fourth-order valence-corrected chi connectivity index (χ4v) is 2.51. The molecule has 1 unspecified atom stereocenters. The van der Waals surface area contributed by atoms with Crippen LogP contribution in [-0.2, 0) is 4.79 Å². The smallest absolute Gasteiger partial charge is 0.477 e. The second kappa shape index (κ2) is 3.69. The van der Waals surface area contributed by atoms with E-state index in [2.05, 4.69) is 0 Å². The molecule has 0 aromatic carbocycles. The van der Waals surface area contributed by atoms with Gasteiger partial charge in [0, 0.05) is 13.3 Å². The summed E-state index contributed by atoms with van der Waals surface area (Å²) in [4.78, 5) is 22.5. The molecule has 0 spiro atoms. The van der Waals surface area contributed by atoms with Crippen LogP contribution in [0.2, 0.25) is 0 Å². The van der Waals surface area contributed by atoms with Crippen molar-refractivity contribution in [3.8, 4) is 0 Å². The van der Waals surface area contributed by atoms with Crippen LogP contribution in [0.4, 0.5) is 4.79 Å². The molecule has 92 valence electrons. The van der Waals surface area contributed by atoms with Crippen molar-refractivity contribution in [2.75, 3.05) is 6.54 Å². The summed E-state index contributed by atoms with van der Waals surface area (Å²) in [5.41, 5.74) is -1.72. The quantitative estimate of drug-likeness (QED) is 0.475. The minimum atomic E-state index is -1.72. The lowest BCUT2D eigenvalue weighted by molar-refractivity contribution is -0.927. The molecule has 1 rings (SSSR count). The van der Waals surface area contributed by atoms with Gasteiger partial charge in [-0.15, -0.1) is 0 Å². The zero-order valence-corrected chi connectivity index (χ0v) is 9.12. The van der Waals surface area contributed by atoms with Crippen LogP contribution in [-0.4, -0.2) is 61.4 Å². The van der Waals surface area contributed by atoms with Gasteiger partial charge in [-0.25, -0.2) is 4.79 Å². The van der Waals surface area contributed by atoms with E-state index in [0.29, 0.717) is 0 Å². The average molecular weight is 234 g/mol. The highest BCUT2D eigenvalue weighted by Crippen LogP contribution is 2.41. The molecule has 1 saturated heterocycles. The van der Waals surface area contributed by atoms with E-state index in [4.69, 9.17) is 5.11 Å². The summed E-state index contributed by atoms with van der Waals surface area (Å²) < 4.78 is -1.07. The third-order valence-electron chi connectivity index (χ3n) is 3.58. The molecule has 1 amide bonds. The van der Waals surface area contributed by atoms with Gasteiger partial charge >= 0.3 is 12.1 Å². The van der Waals surface area contributed by atoms with Crippen LogP contribution < -0.4 is 0 Å². The molecule has 0 bridgehead atoms. The number of aliphatic carboxylic acids is 1. The van der Waals surface area contributed by atoms with Crippen LogP contribution in [0.5, 0.6) is 0 Å². The van der Waals surface area contributed by atoms with Crippen molar-refractivity contribution in [2.24, 2.45) is 0 Å². The zero-order valence-electron chi connectivity index (χ0n) is 9.12. The monoisotopic (exact) mass is 234 g/mol. The van der Waals surface area contributed by atoms with Crippen LogP contribution in [0.1, 0.15) is 20.3 Å². The van der Waals surface area contributed by atoms with Crippen molar-refractivity contribution < 1.29 is 34.5 Å². The fourth-order valence-electron chi connectivity index (χ4n) is 2.51. The van der Waals surface area contributed by atoms with Crippen LogP contribution in [0.3, 0.4) is 0 Å². The highest BCUT2D eigenvalue weighted by Gasteiger charge is 2.69. The van der Waals surface area contributed by atoms with Gasteiger partial charge in [0.2, 0.25) is 11.8 Å². The molecule has 0 aromatic rings. The topological polar surface area (TPSA) is 115 Å². The number of likely N-dealkylation sites (N-methyl/N-ethyl adjacent to an activating group) is 1. The second-order valence-corrected chi connectivity index (χ2v) is 4.23. The Kier molecular flexibility index (Phi) is 2.97. The van der Waals surface area contributed by atoms with E-state index in [1.165, 1.54) is 13.8 Å². The van der Waals surface area contributed by atoms with Gasteiger partial charge in [0.1, 0.15) is 6.10 Å². The number of quaternary nitrogens is 1. The standard InChI is InChI=1S/C9H15NO6/c1-3-10(8(15)16)6(12)5(11)4-9(10,2)7(13)14/h5-6,11-12H,3-4H2,1-2H3,(H-,13,14,15,16)/p+1/t5-,6-,9+,10?/m1/s1. The fraction of sp³-hybridized carbons (Fsp3) is 0.778. The maximum absolute atomic E-state index is 11.3. The van der Waals surface area contributed by atoms with Crippen molar-refractivity contribution in [1.82, 2.24) is 0 Å². The summed E-state index contributed by atoms with van der Waals surface area (Å²) in [5.74, 6) is -1.34. The molecular formula is C9H16NO6+. The Hall–Kier alpha value is -1.18. The number of nitrogens with zero attached hydrogens (tertiary/aromatic N) is 1.